The first kappa shape index (κ1) is 17.5. The molecule has 0 radical (unpaired) electrons. The fourth-order valence-corrected chi connectivity index (χ4v) is 4.50. The van der Waals surface area contributed by atoms with E-state index in [0.717, 1.165) is 56.9 Å². The molecule has 0 N–H and O–H groups in total. The number of halogens is 2. The number of aromatic nitrogens is 2. The van der Waals surface area contributed by atoms with Crippen LogP contribution in [0.15, 0.2) is 0 Å². The van der Waals surface area contributed by atoms with E-state index >= 15 is 0 Å². The zero-order valence-corrected chi connectivity index (χ0v) is 16.5. The van der Waals surface area contributed by atoms with Gasteiger partial charge in [-0.15, -0.1) is 0 Å². The van der Waals surface area contributed by atoms with Gasteiger partial charge in [0.2, 0.25) is 5.95 Å². The van der Waals surface area contributed by atoms with E-state index in [2.05, 4.69) is 26.6 Å². The number of ether oxygens (including phenoxy) is 1. The highest BCUT2D eigenvalue weighted by atomic mass is 35.5. The van der Waals surface area contributed by atoms with Gasteiger partial charge in [0.15, 0.2) is 4.45 Å². The topological polar surface area (TPSA) is 44.7 Å². The van der Waals surface area contributed by atoms with Crippen LogP contribution >= 0.6 is 35.4 Å². The maximum Gasteiger partial charge on any atom is 0.228 e. The van der Waals surface area contributed by atoms with Gasteiger partial charge in [0.25, 0.3) is 0 Å². The minimum absolute atomic E-state index is 0.0514. The van der Waals surface area contributed by atoms with Crippen LogP contribution in [0.2, 0.25) is 5.15 Å². The van der Waals surface area contributed by atoms with Crippen LogP contribution in [-0.4, -0.2) is 70.8 Å². The highest BCUT2D eigenvalue weighted by Gasteiger charge is 2.43. The molecule has 4 heterocycles. The number of hydrogen-bond donors (Lipinski definition) is 0. The third-order valence-electron chi connectivity index (χ3n) is 5.41. The van der Waals surface area contributed by atoms with Crippen molar-refractivity contribution in [3.63, 3.8) is 0 Å². The predicted molar refractivity (Wildman–Crippen MR) is 104 cm³/mol. The summed E-state index contributed by atoms with van der Waals surface area (Å²) in [5.74, 6) is 1.66. The summed E-state index contributed by atoms with van der Waals surface area (Å²) in [5.41, 5.74) is 0.997. The molecule has 0 saturated carbocycles. The Morgan fingerprint density at radius 3 is 2.64 bits per heavy atom. The molecule has 0 unspecified atom stereocenters. The molecule has 2 fully saturated rings. The number of anilines is 2. The molecule has 9 heteroatoms. The van der Waals surface area contributed by atoms with Gasteiger partial charge in [-0.2, -0.15) is 4.98 Å². The Labute approximate surface area is 163 Å². The number of nitrogens with zero attached hydrogens (tertiary/aromatic N) is 5. The average molecular weight is 402 g/mol. The lowest BCUT2D eigenvalue weighted by Crippen LogP contribution is -2.48. The van der Waals surface area contributed by atoms with Crippen molar-refractivity contribution in [1.29, 1.82) is 0 Å². The van der Waals surface area contributed by atoms with E-state index < -0.39 is 0 Å². The number of thiocarbonyl (C=S) groups is 1. The summed E-state index contributed by atoms with van der Waals surface area (Å²) < 4.78 is 5.87. The third-order valence-corrected chi connectivity index (χ3v) is 6.22. The Hall–Kier alpha value is -0.890. The fraction of sp³-hybridized carbons (Fsp3) is 0.688. The Balaban J connectivity index is 1.65. The van der Waals surface area contributed by atoms with Gasteiger partial charge in [0, 0.05) is 38.3 Å². The molecule has 6 nitrogen and oxygen atoms in total. The smallest absolute Gasteiger partial charge is 0.228 e. The lowest BCUT2D eigenvalue weighted by atomic mass is 9.99. The summed E-state index contributed by atoms with van der Waals surface area (Å²) in [5, 5.41) is 0.570. The molecule has 3 aliphatic heterocycles. The van der Waals surface area contributed by atoms with E-state index in [-0.39, 0.29) is 5.54 Å². The number of hydrogen-bond acceptors (Lipinski definition) is 6. The summed E-state index contributed by atoms with van der Waals surface area (Å²) in [6.07, 6.45) is 1.87. The fourth-order valence-electron chi connectivity index (χ4n) is 3.95. The lowest BCUT2D eigenvalue weighted by molar-refractivity contribution is 0.122. The third kappa shape index (κ3) is 3.16. The van der Waals surface area contributed by atoms with E-state index in [1.807, 2.05) is 0 Å². The van der Waals surface area contributed by atoms with Crippen molar-refractivity contribution >= 4 is 51.6 Å². The summed E-state index contributed by atoms with van der Waals surface area (Å²) in [4.78, 5) is 16.0. The van der Waals surface area contributed by atoms with Gasteiger partial charge in [-0.3, -0.25) is 0 Å². The van der Waals surface area contributed by atoms with Crippen molar-refractivity contribution in [2.24, 2.45) is 0 Å². The second-order valence-corrected chi connectivity index (χ2v) is 8.37. The SMILES string of the molecule is C[C@]1(N2CCc3c(Cl)nc(N4CCOCC4)nc32)CCN(C(=S)Cl)C1. The van der Waals surface area contributed by atoms with Crippen LogP contribution in [0.25, 0.3) is 0 Å². The first-order chi connectivity index (χ1) is 12.0. The van der Waals surface area contributed by atoms with Crippen molar-refractivity contribution in [2.75, 3.05) is 55.7 Å². The monoisotopic (exact) mass is 401 g/mol. The lowest BCUT2D eigenvalue weighted by Gasteiger charge is -2.37. The molecule has 0 aliphatic carbocycles. The molecule has 3 aliphatic rings. The predicted octanol–water partition coefficient (Wildman–Crippen LogP) is 2.32. The van der Waals surface area contributed by atoms with E-state index in [9.17, 15) is 0 Å². The molecule has 136 valence electrons. The summed E-state index contributed by atoms with van der Waals surface area (Å²) >= 11 is 17.7. The number of fused-ring (bicyclic) bond motifs is 1. The van der Waals surface area contributed by atoms with E-state index in [4.69, 9.17) is 45.1 Å². The first-order valence-electron chi connectivity index (χ1n) is 8.59. The minimum atomic E-state index is -0.0514. The van der Waals surface area contributed by atoms with Gasteiger partial charge in [-0.05, 0) is 32.0 Å². The number of morpholine rings is 1. The molecule has 4 rings (SSSR count). The van der Waals surface area contributed by atoms with Crippen molar-refractivity contribution in [2.45, 2.75) is 25.3 Å². The van der Waals surface area contributed by atoms with Crippen LogP contribution in [0.1, 0.15) is 18.9 Å². The average Bonchev–Trinajstić information content (AvgIpc) is 3.21. The van der Waals surface area contributed by atoms with Gasteiger partial charge in [-0.1, -0.05) is 23.2 Å². The second-order valence-electron chi connectivity index (χ2n) is 7.04. The molecule has 2 saturated heterocycles. The summed E-state index contributed by atoms with van der Waals surface area (Å²) in [6.45, 7) is 7.81. The first-order valence-corrected chi connectivity index (χ1v) is 9.75. The van der Waals surface area contributed by atoms with Gasteiger partial charge in [0.1, 0.15) is 11.0 Å². The maximum absolute atomic E-state index is 6.50. The minimum Gasteiger partial charge on any atom is -0.378 e. The molecular formula is C16H21Cl2N5OS. The van der Waals surface area contributed by atoms with Crippen LogP contribution in [-0.2, 0) is 11.2 Å². The molecule has 0 bridgehead atoms. The molecule has 0 amide bonds. The zero-order valence-electron chi connectivity index (χ0n) is 14.2. The van der Waals surface area contributed by atoms with E-state index in [1.165, 1.54) is 0 Å². The van der Waals surface area contributed by atoms with Crippen molar-refractivity contribution < 1.29 is 4.74 Å². The number of likely N-dealkylation sites (tertiary alicyclic amines) is 1. The van der Waals surface area contributed by atoms with Gasteiger partial charge >= 0.3 is 0 Å². The van der Waals surface area contributed by atoms with Crippen LogP contribution in [0.3, 0.4) is 0 Å². The largest absolute Gasteiger partial charge is 0.378 e. The van der Waals surface area contributed by atoms with Gasteiger partial charge in [0.05, 0.1) is 18.8 Å². The Bertz CT molecular complexity index is 699. The van der Waals surface area contributed by atoms with Crippen molar-refractivity contribution in [1.82, 2.24) is 14.9 Å². The van der Waals surface area contributed by atoms with Crippen LogP contribution in [0.4, 0.5) is 11.8 Å². The molecular weight excluding hydrogens is 381 g/mol. The van der Waals surface area contributed by atoms with Crippen LogP contribution in [0, 0.1) is 0 Å². The molecule has 1 atom stereocenters. The summed E-state index contributed by atoms with van der Waals surface area (Å²) in [7, 11) is 0. The Morgan fingerprint density at radius 1 is 1.20 bits per heavy atom. The molecule has 1 aromatic heterocycles. The van der Waals surface area contributed by atoms with Gasteiger partial charge < -0.3 is 19.4 Å². The highest BCUT2D eigenvalue weighted by molar-refractivity contribution is 7.83. The normalized spacial score (nSPS) is 26.3. The van der Waals surface area contributed by atoms with Gasteiger partial charge in [-0.25, -0.2) is 4.98 Å². The quantitative estimate of drug-likeness (QED) is 0.326. The van der Waals surface area contributed by atoms with E-state index in [0.29, 0.717) is 28.8 Å². The second kappa shape index (κ2) is 6.68. The summed E-state index contributed by atoms with van der Waals surface area (Å²) in [6, 6.07) is 0. The van der Waals surface area contributed by atoms with Crippen LogP contribution in [0.5, 0.6) is 0 Å². The van der Waals surface area contributed by atoms with Crippen molar-refractivity contribution in [3.05, 3.63) is 10.7 Å². The standard InChI is InChI=1S/C16H21Cl2N5OS/c1-16(3-5-22(10-16)14(18)25)23-4-2-11-12(17)19-15(20-13(11)23)21-6-8-24-9-7-21/h2-10H2,1H3/t16-/m0/s1. The number of rotatable bonds is 2. The molecule has 0 aromatic carbocycles. The Morgan fingerprint density at radius 2 is 1.96 bits per heavy atom. The molecule has 1 aromatic rings. The highest BCUT2D eigenvalue weighted by Crippen LogP contribution is 2.40. The van der Waals surface area contributed by atoms with Crippen molar-refractivity contribution in [3.8, 4) is 0 Å². The zero-order chi connectivity index (χ0) is 17.6. The molecule has 25 heavy (non-hydrogen) atoms. The molecule has 0 spiro atoms. The van der Waals surface area contributed by atoms with E-state index in [1.54, 1.807) is 0 Å². The maximum atomic E-state index is 6.50. The Kier molecular flexibility index (Phi) is 4.68. The van der Waals surface area contributed by atoms with Crippen LogP contribution < -0.4 is 9.80 Å².